The van der Waals surface area contributed by atoms with E-state index in [2.05, 4.69) is 16.2 Å². The summed E-state index contributed by atoms with van der Waals surface area (Å²) in [6, 6.07) is 9.63. The van der Waals surface area contributed by atoms with Crippen molar-refractivity contribution in [1.29, 1.82) is 5.26 Å². The Balaban J connectivity index is 1.87. The van der Waals surface area contributed by atoms with E-state index in [1.54, 1.807) is 25.4 Å². The van der Waals surface area contributed by atoms with E-state index in [9.17, 15) is 0 Å². The van der Waals surface area contributed by atoms with Crippen LogP contribution in [0.2, 0.25) is 5.02 Å². The number of aromatic amines is 1. The van der Waals surface area contributed by atoms with Crippen molar-refractivity contribution in [2.45, 2.75) is 13.5 Å². The van der Waals surface area contributed by atoms with Gasteiger partial charge < -0.3 is 9.72 Å². The van der Waals surface area contributed by atoms with Crippen LogP contribution in [0.1, 0.15) is 16.7 Å². The van der Waals surface area contributed by atoms with E-state index in [4.69, 9.17) is 21.6 Å². The molecule has 5 nitrogen and oxygen atoms in total. The van der Waals surface area contributed by atoms with Crippen LogP contribution >= 0.6 is 11.6 Å². The SMILES string of the molecule is COc1cc(C)c2[nH]cc(Cl)c2c1Cn1cc2ccc(C#N)cc2n1. The Morgan fingerprint density at radius 3 is 2.96 bits per heavy atom. The van der Waals surface area contributed by atoms with Crippen LogP contribution in [0.3, 0.4) is 0 Å². The molecular formula is C19H15ClN4O. The summed E-state index contributed by atoms with van der Waals surface area (Å²) in [5.74, 6) is 0.781. The van der Waals surface area contributed by atoms with E-state index in [0.29, 0.717) is 17.1 Å². The number of H-pyrrole nitrogens is 1. The van der Waals surface area contributed by atoms with Crippen LogP contribution in [0.15, 0.2) is 36.7 Å². The molecule has 0 aliphatic carbocycles. The number of ether oxygens (including phenoxy) is 1. The minimum absolute atomic E-state index is 0.522. The van der Waals surface area contributed by atoms with E-state index < -0.39 is 0 Å². The standard InChI is InChI=1S/C19H15ClN4O/c1-11-5-17(25-2)14(18-15(20)8-22-19(11)18)10-24-9-13-4-3-12(7-21)6-16(13)23-24/h3-6,8-9,22H,10H2,1-2H3. The van der Waals surface area contributed by atoms with Crippen LogP contribution in [-0.4, -0.2) is 21.9 Å². The van der Waals surface area contributed by atoms with Gasteiger partial charge in [0.2, 0.25) is 0 Å². The van der Waals surface area contributed by atoms with Crippen LogP contribution < -0.4 is 4.74 Å². The lowest BCUT2D eigenvalue weighted by atomic mass is 10.0. The summed E-state index contributed by atoms with van der Waals surface area (Å²) in [6.07, 6.45) is 3.75. The average Bonchev–Trinajstić information content (AvgIpc) is 3.19. The fraction of sp³-hybridized carbons (Fsp3) is 0.158. The highest BCUT2D eigenvalue weighted by Crippen LogP contribution is 2.36. The van der Waals surface area contributed by atoms with Gasteiger partial charge in [-0.05, 0) is 36.8 Å². The second kappa shape index (κ2) is 5.83. The van der Waals surface area contributed by atoms with Gasteiger partial charge >= 0.3 is 0 Å². The highest BCUT2D eigenvalue weighted by atomic mass is 35.5. The molecule has 124 valence electrons. The minimum Gasteiger partial charge on any atom is -0.496 e. The van der Waals surface area contributed by atoms with Crippen LogP contribution in [0.4, 0.5) is 0 Å². The van der Waals surface area contributed by atoms with Gasteiger partial charge in [-0.15, -0.1) is 0 Å². The van der Waals surface area contributed by atoms with Crippen molar-refractivity contribution >= 4 is 33.4 Å². The molecule has 0 unspecified atom stereocenters. The number of halogens is 1. The molecule has 0 aliphatic heterocycles. The van der Waals surface area contributed by atoms with Crippen LogP contribution in [-0.2, 0) is 6.54 Å². The van der Waals surface area contributed by atoms with Crippen molar-refractivity contribution in [3.05, 3.63) is 58.4 Å². The first kappa shape index (κ1) is 15.6. The highest BCUT2D eigenvalue weighted by molar-refractivity contribution is 6.36. The predicted octanol–water partition coefficient (Wildman–Crippen LogP) is 4.41. The molecule has 0 radical (unpaired) electrons. The molecule has 1 N–H and O–H groups in total. The Labute approximate surface area is 149 Å². The summed E-state index contributed by atoms with van der Waals surface area (Å²) in [4.78, 5) is 3.22. The third-order valence-corrected chi connectivity index (χ3v) is 4.70. The molecule has 0 saturated heterocycles. The quantitative estimate of drug-likeness (QED) is 0.595. The number of aromatic nitrogens is 3. The summed E-state index contributed by atoms with van der Waals surface area (Å²) in [5, 5.41) is 16.2. The van der Waals surface area contributed by atoms with Gasteiger partial charge in [-0.25, -0.2) is 0 Å². The van der Waals surface area contributed by atoms with E-state index in [1.165, 1.54) is 0 Å². The van der Waals surface area contributed by atoms with Crippen molar-refractivity contribution in [3.8, 4) is 11.8 Å². The summed E-state index contributed by atoms with van der Waals surface area (Å²) < 4.78 is 7.43. The number of benzene rings is 2. The Kier molecular flexibility index (Phi) is 3.63. The number of rotatable bonds is 3. The molecule has 4 aromatic rings. The zero-order valence-corrected chi connectivity index (χ0v) is 14.6. The molecule has 25 heavy (non-hydrogen) atoms. The van der Waals surface area contributed by atoms with E-state index >= 15 is 0 Å². The van der Waals surface area contributed by atoms with E-state index in [1.807, 2.05) is 29.9 Å². The molecule has 0 saturated carbocycles. The molecule has 0 bridgehead atoms. The van der Waals surface area contributed by atoms with Gasteiger partial charge in [0.25, 0.3) is 0 Å². The summed E-state index contributed by atoms with van der Waals surface area (Å²) >= 11 is 6.41. The molecule has 2 heterocycles. The topological polar surface area (TPSA) is 66.6 Å². The van der Waals surface area contributed by atoms with Crippen molar-refractivity contribution in [2.24, 2.45) is 0 Å². The fourth-order valence-electron chi connectivity index (χ4n) is 3.20. The first-order chi connectivity index (χ1) is 12.1. The molecule has 6 heteroatoms. The zero-order valence-electron chi connectivity index (χ0n) is 13.8. The normalized spacial score (nSPS) is 11.1. The smallest absolute Gasteiger partial charge is 0.125 e. The van der Waals surface area contributed by atoms with Crippen molar-refractivity contribution in [3.63, 3.8) is 0 Å². The van der Waals surface area contributed by atoms with Gasteiger partial charge in [0.1, 0.15) is 5.75 Å². The Morgan fingerprint density at radius 1 is 1.36 bits per heavy atom. The number of aryl methyl sites for hydroxylation is 1. The van der Waals surface area contributed by atoms with Gasteiger partial charge in [0.05, 0.1) is 41.3 Å². The number of nitriles is 1. The molecule has 0 atom stereocenters. The lowest BCUT2D eigenvalue weighted by Gasteiger charge is -2.12. The molecule has 4 rings (SSSR count). The number of fused-ring (bicyclic) bond motifs is 2. The number of nitrogens with one attached hydrogen (secondary N) is 1. The van der Waals surface area contributed by atoms with E-state index in [0.717, 1.165) is 38.7 Å². The van der Waals surface area contributed by atoms with Crippen molar-refractivity contribution < 1.29 is 4.74 Å². The maximum atomic E-state index is 9.04. The lowest BCUT2D eigenvalue weighted by Crippen LogP contribution is -2.03. The van der Waals surface area contributed by atoms with E-state index in [-0.39, 0.29) is 0 Å². The van der Waals surface area contributed by atoms with Crippen molar-refractivity contribution in [1.82, 2.24) is 14.8 Å². The Hall–Kier alpha value is -2.97. The summed E-state index contributed by atoms with van der Waals surface area (Å²) in [7, 11) is 1.66. The first-order valence-corrected chi connectivity index (χ1v) is 8.19. The number of hydrogen-bond donors (Lipinski definition) is 1. The number of nitrogens with zero attached hydrogens (tertiary/aromatic N) is 3. The van der Waals surface area contributed by atoms with Crippen LogP contribution in [0.5, 0.6) is 5.75 Å². The molecule has 0 amide bonds. The van der Waals surface area contributed by atoms with Gasteiger partial charge in [0, 0.05) is 28.7 Å². The number of methoxy groups -OCH3 is 1. The maximum absolute atomic E-state index is 9.04. The highest BCUT2D eigenvalue weighted by Gasteiger charge is 2.16. The molecule has 0 spiro atoms. The van der Waals surface area contributed by atoms with Gasteiger partial charge in [-0.1, -0.05) is 11.6 Å². The van der Waals surface area contributed by atoms with Crippen molar-refractivity contribution in [2.75, 3.05) is 7.11 Å². The molecular weight excluding hydrogens is 336 g/mol. The van der Waals surface area contributed by atoms with Gasteiger partial charge in [-0.2, -0.15) is 10.4 Å². The third kappa shape index (κ3) is 2.51. The van der Waals surface area contributed by atoms with Crippen LogP contribution in [0.25, 0.3) is 21.8 Å². The van der Waals surface area contributed by atoms with Gasteiger partial charge in [-0.3, -0.25) is 4.68 Å². The molecule has 2 aromatic carbocycles. The number of hydrogen-bond acceptors (Lipinski definition) is 3. The summed E-state index contributed by atoms with van der Waals surface area (Å²) in [5.41, 5.74) is 4.45. The fourth-order valence-corrected chi connectivity index (χ4v) is 3.47. The second-order valence-corrected chi connectivity index (χ2v) is 6.38. The van der Waals surface area contributed by atoms with Gasteiger partial charge in [0.15, 0.2) is 0 Å². The minimum atomic E-state index is 0.522. The maximum Gasteiger partial charge on any atom is 0.125 e. The largest absolute Gasteiger partial charge is 0.496 e. The zero-order chi connectivity index (χ0) is 17.6. The first-order valence-electron chi connectivity index (χ1n) is 7.81. The second-order valence-electron chi connectivity index (χ2n) is 5.97. The van der Waals surface area contributed by atoms with Crippen LogP contribution in [0, 0.1) is 18.3 Å². The summed E-state index contributed by atoms with van der Waals surface area (Å²) in [6.45, 7) is 2.54. The monoisotopic (exact) mass is 350 g/mol. The Morgan fingerprint density at radius 2 is 2.20 bits per heavy atom. The molecule has 0 fully saturated rings. The molecule has 0 aliphatic rings. The predicted molar refractivity (Wildman–Crippen MR) is 98.1 cm³/mol. The third-order valence-electron chi connectivity index (χ3n) is 4.40. The molecule has 2 aromatic heterocycles. The lowest BCUT2D eigenvalue weighted by molar-refractivity contribution is 0.408. The Bertz CT molecular complexity index is 1150. The average molecular weight is 351 g/mol.